The van der Waals surface area contributed by atoms with Gasteiger partial charge >= 0.3 is 13.3 Å². The minimum absolute atomic E-state index is 0.212. The van der Waals surface area contributed by atoms with Gasteiger partial charge in [-0.2, -0.15) is 13.2 Å². The van der Waals surface area contributed by atoms with E-state index in [-0.39, 0.29) is 12.0 Å². The molecule has 2 rings (SSSR count). The highest BCUT2D eigenvalue weighted by Crippen LogP contribution is 2.33. The molecule has 0 atom stereocenters. The van der Waals surface area contributed by atoms with E-state index in [2.05, 4.69) is 4.72 Å². The molecule has 0 spiro atoms. The van der Waals surface area contributed by atoms with Gasteiger partial charge in [-0.1, -0.05) is 36.4 Å². The van der Waals surface area contributed by atoms with E-state index in [0.29, 0.717) is 11.6 Å². The van der Waals surface area contributed by atoms with Gasteiger partial charge in [0.25, 0.3) is 0 Å². The van der Waals surface area contributed by atoms with Gasteiger partial charge in [-0.15, -0.1) is 0 Å². The Kier molecular flexibility index (Phi) is 5.33. The second kappa shape index (κ2) is 6.93. The summed E-state index contributed by atoms with van der Waals surface area (Å²) in [5, 5.41) is 17.9. The highest BCUT2D eigenvalue weighted by molar-refractivity contribution is 7.89. The molecule has 10 heteroatoms. The molecule has 0 saturated heterocycles. The summed E-state index contributed by atoms with van der Waals surface area (Å²) in [4.78, 5) is -0.847. The number of rotatable bonds is 5. The van der Waals surface area contributed by atoms with Crippen LogP contribution in [-0.2, 0) is 22.7 Å². The topological polar surface area (TPSA) is 86.6 Å². The third-order valence-electron chi connectivity index (χ3n) is 3.23. The molecule has 0 amide bonds. The first-order chi connectivity index (χ1) is 11.1. The fourth-order valence-corrected chi connectivity index (χ4v) is 3.24. The highest BCUT2D eigenvalue weighted by Gasteiger charge is 2.36. The maximum Gasteiger partial charge on any atom is 0.488 e. The lowest BCUT2D eigenvalue weighted by Gasteiger charge is -2.13. The zero-order valence-corrected chi connectivity index (χ0v) is 13.0. The van der Waals surface area contributed by atoms with Gasteiger partial charge in [0, 0.05) is 6.54 Å². The largest absolute Gasteiger partial charge is 0.488 e. The van der Waals surface area contributed by atoms with Crippen molar-refractivity contribution in [1.29, 1.82) is 0 Å². The fourth-order valence-electron chi connectivity index (χ4n) is 2.00. The van der Waals surface area contributed by atoms with Crippen LogP contribution in [0.25, 0.3) is 0 Å². The van der Waals surface area contributed by atoms with Crippen molar-refractivity contribution in [2.75, 3.05) is 0 Å². The highest BCUT2D eigenvalue weighted by atomic mass is 32.2. The van der Waals surface area contributed by atoms with Crippen LogP contribution in [0.2, 0.25) is 0 Å². The average molecular weight is 359 g/mol. The standard InChI is InChI=1S/C14H13BF3NO4S/c16-14(17,18)12-3-1-2-4-13(12)24(22,23)19-9-10-5-7-11(8-6-10)15(20)21/h1-8,19-21H,9H2. The van der Waals surface area contributed by atoms with E-state index >= 15 is 0 Å². The van der Waals surface area contributed by atoms with E-state index in [1.165, 1.54) is 30.3 Å². The molecule has 5 nitrogen and oxygen atoms in total. The number of alkyl halides is 3. The van der Waals surface area contributed by atoms with Crippen molar-refractivity contribution < 1.29 is 31.6 Å². The zero-order chi connectivity index (χ0) is 18.0. The SMILES string of the molecule is O=S(=O)(NCc1ccc(B(O)O)cc1)c1ccccc1C(F)(F)F. The molecule has 0 aliphatic carbocycles. The van der Waals surface area contributed by atoms with Crippen molar-refractivity contribution >= 4 is 22.6 Å². The molecule has 0 aliphatic heterocycles. The summed E-state index contributed by atoms with van der Waals surface area (Å²) in [6.07, 6.45) is -4.79. The number of hydrogen-bond acceptors (Lipinski definition) is 4. The Bertz CT molecular complexity index is 808. The van der Waals surface area contributed by atoms with E-state index in [9.17, 15) is 21.6 Å². The van der Waals surface area contributed by atoms with Gasteiger partial charge in [0.2, 0.25) is 10.0 Å². The van der Waals surface area contributed by atoms with Gasteiger partial charge in [-0.3, -0.25) is 0 Å². The third-order valence-corrected chi connectivity index (χ3v) is 4.69. The molecule has 0 unspecified atom stereocenters. The molecule has 0 saturated carbocycles. The normalized spacial score (nSPS) is 12.2. The quantitative estimate of drug-likeness (QED) is 0.692. The van der Waals surface area contributed by atoms with Crippen LogP contribution in [0.15, 0.2) is 53.4 Å². The second-order valence-corrected chi connectivity index (χ2v) is 6.67. The maximum atomic E-state index is 12.9. The van der Waals surface area contributed by atoms with Gasteiger partial charge in [-0.05, 0) is 23.2 Å². The van der Waals surface area contributed by atoms with Gasteiger partial charge in [0.1, 0.15) is 0 Å². The molecule has 2 aromatic carbocycles. The van der Waals surface area contributed by atoms with Gasteiger partial charge in [-0.25, -0.2) is 13.1 Å². The maximum absolute atomic E-state index is 12.9. The predicted molar refractivity (Wildman–Crippen MR) is 81.7 cm³/mol. The summed E-state index contributed by atoms with van der Waals surface area (Å²) >= 11 is 0. The second-order valence-electron chi connectivity index (χ2n) is 4.93. The van der Waals surface area contributed by atoms with E-state index < -0.39 is 33.8 Å². The number of benzene rings is 2. The van der Waals surface area contributed by atoms with Crippen LogP contribution >= 0.6 is 0 Å². The van der Waals surface area contributed by atoms with Gasteiger partial charge in [0.15, 0.2) is 0 Å². The van der Waals surface area contributed by atoms with Gasteiger partial charge in [0.05, 0.1) is 10.5 Å². The molecule has 128 valence electrons. The van der Waals surface area contributed by atoms with Gasteiger partial charge < -0.3 is 10.0 Å². The van der Waals surface area contributed by atoms with Crippen molar-refractivity contribution in [2.24, 2.45) is 0 Å². The van der Waals surface area contributed by atoms with Crippen LogP contribution in [0.1, 0.15) is 11.1 Å². The van der Waals surface area contributed by atoms with Crippen molar-refractivity contribution in [3.05, 3.63) is 59.7 Å². The molecule has 3 N–H and O–H groups in total. The summed E-state index contributed by atoms with van der Waals surface area (Å²) in [5.74, 6) is 0. The Labute approximate surface area is 137 Å². The minimum Gasteiger partial charge on any atom is -0.423 e. The van der Waals surface area contributed by atoms with Crippen LogP contribution in [0, 0.1) is 0 Å². The Morgan fingerprint density at radius 3 is 2.12 bits per heavy atom. The molecule has 0 bridgehead atoms. The zero-order valence-electron chi connectivity index (χ0n) is 12.2. The predicted octanol–water partition coefficient (Wildman–Crippen LogP) is 0.864. The number of halogens is 3. The summed E-state index contributed by atoms with van der Waals surface area (Å²) in [5.41, 5.74) is -0.576. The fraction of sp³-hybridized carbons (Fsp3) is 0.143. The molecule has 0 radical (unpaired) electrons. The van der Waals surface area contributed by atoms with Crippen molar-refractivity contribution in [1.82, 2.24) is 4.72 Å². The van der Waals surface area contributed by atoms with Crippen LogP contribution in [-0.4, -0.2) is 25.6 Å². The Morgan fingerprint density at radius 1 is 1.00 bits per heavy atom. The van der Waals surface area contributed by atoms with Crippen LogP contribution in [0.4, 0.5) is 13.2 Å². The summed E-state index contributed by atoms with van der Waals surface area (Å²) in [6.45, 7) is -0.240. The smallest absolute Gasteiger partial charge is 0.423 e. The van der Waals surface area contributed by atoms with Crippen LogP contribution in [0.3, 0.4) is 0 Å². The lowest BCUT2D eigenvalue weighted by molar-refractivity contribution is -0.139. The Hall–Kier alpha value is -1.88. The van der Waals surface area contributed by atoms with Crippen molar-refractivity contribution in [3.63, 3.8) is 0 Å². The average Bonchev–Trinajstić information content (AvgIpc) is 2.52. The first-order valence-corrected chi connectivity index (χ1v) is 8.20. The van der Waals surface area contributed by atoms with E-state index in [4.69, 9.17) is 10.0 Å². The monoisotopic (exact) mass is 359 g/mol. The summed E-state index contributed by atoms with van der Waals surface area (Å²) in [7, 11) is -6.03. The molecule has 0 aliphatic rings. The lowest BCUT2D eigenvalue weighted by atomic mass is 9.80. The third kappa shape index (κ3) is 4.35. The number of nitrogens with one attached hydrogen (secondary N) is 1. The summed E-state index contributed by atoms with van der Waals surface area (Å²) < 4.78 is 65.2. The lowest BCUT2D eigenvalue weighted by Crippen LogP contribution is -2.30. The molecular formula is C14H13BF3NO4S. The van der Waals surface area contributed by atoms with E-state index in [1.807, 2.05) is 0 Å². The first kappa shape index (κ1) is 18.5. The number of hydrogen-bond donors (Lipinski definition) is 3. The molecular weight excluding hydrogens is 346 g/mol. The van der Waals surface area contributed by atoms with E-state index in [1.54, 1.807) is 0 Å². The molecule has 2 aromatic rings. The molecule has 0 aromatic heterocycles. The molecule has 0 heterocycles. The summed E-state index contributed by atoms with van der Waals surface area (Å²) in [6, 6.07) is 9.53. The van der Waals surface area contributed by atoms with Crippen molar-refractivity contribution in [3.8, 4) is 0 Å². The Balaban J connectivity index is 2.21. The first-order valence-electron chi connectivity index (χ1n) is 6.72. The molecule has 24 heavy (non-hydrogen) atoms. The van der Waals surface area contributed by atoms with Crippen LogP contribution in [0.5, 0.6) is 0 Å². The van der Waals surface area contributed by atoms with Crippen molar-refractivity contribution in [2.45, 2.75) is 17.6 Å². The number of sulfonamides is 1. The Morgan fingerprint density at radius 2 is 1.58 bits per heavy atom. The molecule has 0 fully saturated rings. The van der Waals surface area contributed by atoms with Crippen LogP contribution < -0.4 is 10.2 Å². The minimum atomic E-state index is -4.79. The van der Waals surface area contributed by atoms with E-state index in [0.717, 1.165) is 12.1 Å².